The molecule has 0 amide bonds. The largest absolute Gasteiger partial charge is 0.489 e. The van der Waals surface area contributed by atoms with Crippen molar-refractivity contribution < 1.29 is 9.84 Å². The molecule has 3 nitrogen and oxygen atoms in total. The molecule has 0 aliphatic carbocycles. The summed E-state index contributed by atoms with van der Waals surface area (Å²) in [6.07, 6.45) is -0.516. The quantitative estimate of drug-likeness (QED) is 0.531. The van der Waals surface area contributed by atoms with Crippen LogP contribution < -0.4 is 10.1 Å². The van der Waals surface area contributed by atoms with Gasteiger partial charge in [-0.15, -0.1) is 0 Å². The first-order valence-electron chi connectivity index (χ1n) is 8.71. The van der Waals surface area contributed by atoms with E-state index in [-0.39, 0.29) is 0 Å². The van der Waals surface area contributed by atoms with Gasteiger partial charge >= 0.3 is 0 Å². The second-order valence-corrected chi connectivity index (χ2v) is 7.07. The van der Waals surface area contributed by atoms with E-state index in [9.17, 15) is 5.11 Å². The molecule has 3 aromatic rings. The average Bonchev–Trinajstić information content (AvgIpc) is 2.69. The van der Waals surface area contributed by atoms with Gasteiger partial charge in [0.1, 0.15) is 12.4 Å². The average molecular weight is 402 g/mol. The molecule has 0 heterocycles. The summed E-state index contributed by atoms with van der Waals surface area (Å²) < 4.78 is 5.78. The van der Waals surface area contributed by atoms with E-state index >= 15 is 0 Å². The second-order valence-electron chi connectivity index (χ2n) is 6.23. The highest BCUT2D eigenvalue weighted by Gasteiger charge is 2.06. The number of hydrogen-bond acceptors (Lipinski definition) is 3. The van der Waals surface area contributed by atoms with Crippen LogP contribution in [-0.2, 0) is 13.2 Å². The van der Waals surface area contributed by atoms with Crippen molar-refractivity contribution in [1.82, 2.24) is 5.32 Å². The Balaban J connectivity index is 1.46. The molecular formula is C22H21Cl2NO2. The van der Waals surface area contributed by atoms with Gasteiger partial charge in [0.15, 0.2) is 0 Å². The van der Waals surface area contributed by atoms with Gasteiger partial charge in [0.25, 0.3) is 0 Å². The number of nitrogens with one attached hydrogen (secondary N) is 1. The molecule has 0 bridgehead atoms. The minimum atomic E-state index is -0.516. The number of aliphatic hydroxyl groups excluding tert-OH is 1. The third kappa shape index (κ3) is 5.98. The standard InChI is InChI=1S/C22H21Cl2NO2/c23-19-9-8-18(21(24)12-19)15-27-20-10-6-16(7-11-20)13-25-14-22(26)17-4-2-1-3-5-17/h1-12,22,25-26H,13-15H2. The lowest BCUT2D eigenvalue weighted by Gasteiger charge is -2.12. The van der Waals surface area contributed by atoms with E-state index in [2.05, 4.69) is 5.32 Å². The molecule has 27 heavy (non-hydrogen) atoms. The molecule has 140 valence electrons. The van der Waals surface area contributed by atoms with Crippen molar-refractivity contribution in [2.24, 2.45) is 0 Å². The molecule has 0 radical (unpaired) electrons. The fourth-order valence-corrected chi connectivity index (χ4v) is 3.11. The van der Waals surface area contributed by atoms with Crippen LogP contribution in [-0.4, -0.2) is 11.7 Å². The van der Waals surface area contributed by atoms with Crippen LogP contribution in [0.3, 0.4) is 0 Å². The first-order valence-corrected chi connectivity index (χ1v) is 9.47. The van der Waals surface area contributed by atoms with Gasteiger partial charge in [0.2, 0.25) is 0 Å². The molecule has 1 atom stereocenters. The Bertz CT molecular complexity index is 854. The van der Waals surface area contributed by atoms with Gasteiger partial charge in [0, 0.05) is 28.7 Å². The molecule has 0 aliphatic rings. The highest BCUT2D eigenvalue weighted by Crippen LogP contribution is 2.23. The fraction of sp³-hybridized carbons (Fsp3) is 0.182. The lowest BCUT2D eigenvalue weighted by molar-refractivity contribution is 0.174. The minimum absolute atomic E-state index is 0.386. The number of hydrogen-bond donors (Lipinski definition) is 2. The summed E-state index contributed by atoms with van der Waals surface area (Å²) in [5.41, 5.74) is 2.92. The van der Waals surface area contributed by atoms with Crippen LogP contribution >= 0.6 is 23.2 Å². The van der Waals surface area contributed by atoms with Crippen LogP contribution in [0.25, 0.3) is 0 Å². The zero-order valence-electron chi connectivity index (χ0n) is 14.7. The van der Waals surface area contributed by atoms with E-state index in [4.69, 9.17) is 27.9 Å². The maximum atomic E-state index is 10.2. The monoisotopic (exact) mass is 401 g/mol. The summed E-state index contributed by atoms with van der Waals surface area (Å²) in [5.74, 6) is 0.772. The summed E-state index contributed by atoms with van der Waals surface area (Å²) in [6, 6.07) is 22.9. The maximum absolute atomic E-state index is 10.2. The molecular weight excluding hydrogens is 381 g/mol. The third-order valence-electron chi connectivity index (χ3n) is 4.18. The highest BCUT2D eigenvalue weighted by atomic mass is 35.5. The molecule has 3 aromatic carbocycles. The van der Waals surface area contributed by atoms with Crippen molar-refractivity contribution in [2.75, 3.05) is 6.54 Å². The lowest BCUT2D eigenvalue weighted by Crippen LogP contribution is -2.20. The zero-order valence-corrected chi connectivity index (χ0v) is 16.3. The summed E-state index contributed by atoms with van der Waals surface area (Å²) in [7, 11) is 0. The third-order valence-corrected chi connectivity index (χ3v) is 4.77. The van der Waals surface area contributed by atoms with Gasteiger partial charge in [-0.3, -0.25) is 0 Å². The van der Waals surface area contributed by atoms with Crippen LogP contribution in [0.2, 0.25) is 10.0 Å². The van der Waals surface area contributed by atoms with E-state index in [1.165, 1.54) is 0 Å². The molecule has 0 saturated heterocycles. The van der Waals surface area contributed by atoms with Crippen molar-refractivity contribution in [3.05, 3.63) is 99.5 Å². The minimum Gasteiger partial charge on any atom is -0.489 e. The normalized spacial score (nSPS) is 12.0. The predicted octanol–water partition coefficient (Wildman–Crippen LogP) is 5.40. The van der Waals surface area contributed by atoms with E-state index < -0.39 is 6.10 Å². The molecule has 5 heteroatoms. The van der Waals surface area contributed by atoms with Crippen LogP contribution in [0.15, 0.2) is 72.8 Å². The van der Waals surface area contributed by atoms with Crippen molar-refractivity contribution in [2.45, 2.75) is 19.3 Å². The Hall–Kier alpha value is -2.04. The Morgan fingerprint density at radius 3 is 2.37 bits per heavy atom. The van der Waals surface area contributed by atoms with Crippen molar-refractivity contribution in [3.63, 3.8) is 0 Å². The molecule has 0 fully saturated rings. The zero-order chi connectivity index (χ0) is 19.1. The number of ether oxygens (including phenoxy) is 1. The molecule has 0 aliphatic heterocycles. The maximum Gasteiger partial charge on any atom is 0.119 e. The van der Waals surface area contributed by atoms with Gasteiger partial charge in [-0.05, 0) is 35.4 Å². The van der Waals surface area contributed by atoms with Crippen LogP contribution in [0.4, 0.5) is 0 Å². The van der Waals surface area contributed by atoms with Gasteiger partial charge in [0.05, 0.1) is 6.10 Å². The summed E-state index contributed by atoms with van der Waals surface area (Å²) in [5, 5.41) is 14.6. The molecule has 0 spiro atoms. The van der Waals surface area contributed by atoms with Gasteiger partial charge in [-0.25, -0.2) is 0 Å². The molecule has 2 N–H and O–H groups in total. The number of aliphatic hydroxyl groups is 1. The highest BCUT2D eigenvalue weighted by molar-refractivity contribution is 6.35. The van der Waals surface area contributed by atoms with Crippen molar-refractivity contribution in [3.8, 4) is 5.75 Å². The predicted molar refractivity (Wildman–Crippen MR) is 110 cm³/mol. The summed E-state index contributed by atoms with van der Waals surface area (Å²) >= 11 is 12.1. The first kappa shape index (κ1) is 19.7. The number of benzene rings is 3. The summed E-state index contributed by atoms with van der Waals surface area (Å²) in [6.45, 7) is 1.56. The van der Waals surface area contributed by atoms with Gasteiger partial charge in [-0.2, -0.15) is 0 Å². The molecule has 0 saturated carbocycles. The van der Waals surface area contributed by atoms with Crippen molar-refractivity contribution in [1.29, 1.82) is 0 Å². The lowest BCUT2D eigenvalue weighted by atomic mass is 10.1. The number of rotatable bonds is 8. The van der Waals surface area contributed by atoms with E-state index in [1.54, 1.807) is 12.1 Å². The first-order chi connectivity index (χ1) is 13.1. The topological polar surface area (TPSA) is 41.5 Å². The summed E-state index contributed by atoms with van der Waals surface area (Å²) in [4.78, 5) is 0. The van der Waals surface area contributed by atoms with E-state index in [1.807, 2.05) is 60.7 Å². The van der Waals surface area contributed by atoms with Crippen LogP contribution in [0.5, 0.6) is 5.75 Å². The second kappa shape index (κ2) is 9.77. The van der Waals surface area contributed by atoms with E-state index in [0.717, 1.165) is 22.4 Å². The van der Waals surface area contributed by atoms with Crippen molar-refractivity contribution >= 4 is 23.2 Å². The Kier molecular flexibility index (Phi) is 7.13. The SMILES string of the molecule is OC(CNCc1ccc(OCc2ccc(Cl)cc2Cl)cc1)c1ccccc1. The van der Waals surface area contributed by atoms with Crippen LogP contribution in [0.1, 0.15) is 22.8 Å². The van der Waals surface area contributed by atoms with Crippen LogP contribution in [0, 0.1) is 0 Å². The Labute approximate surface area is 169 Å². The molecule has 3 rings (SSSR count). The Morgan fingerprint density at radius 1 is 0.926 bits per heavy atom. The number of halogens is 2. The van der Waals surface area contributed by atoms with Gasteiger partial charge < -0.3 is 15.2 Å². The Morgan fingerprint density at radius 2 is 1.67 bits per heavy atom. The van der Waals surface area contributed by atoms with E-state index in [0.29, 0.717) is 29.7 Å². The van der Waals surface area contributed by atoms with Gasteiger partial charge in [-0.1, -0.05) is 71.7 Å². The molecule has 1 unspecified atom stereocenters. The fourth-order valence-electron chi connectivity index (χ4n) is 2.65. The molecule has 0 aromatic heterocycles. The smallest absolute Gasteiger partial charge is 0.119 e.